The number of rotatable bonds is 4. The molecule has 0 amide bonds. The van der Waals surface area contributed by atoms with E-state index >= 15 is 0 Å². The van der Waals surface area contributed by atoms with E-state index in [2.05, 4.69) is 41.3 Å². The Bertz CT molecular complexity index is 486. The van der Waals surface area contributed by atoms with E-state index in [1.54, 1.807) is 5.57 Å². The average molecular weight is 267 g/mol. The van der Waals surface area contributed by atoms with Crippen LogP contribution in [0.4, 0.5) is 0 Å². The van der Waals surface area contributed by atoms with Crippen LogP contribution in [0.2, 0.25) is 0 Å². The van der Waals surface area contributed by atoms with E-state index in [1.165, 1.54) is 50.5 Å². The van der Waals surface area contributed by atoms with Gasteiger partial charge in [0.1, 0.15) is 0 Å². The lowest BCUT2D eigenvalue weighted by molar-refractivity contribution is 0.189. The standard InChI is InChI=1S/C19H25N/c1-2-5-16(6-3-1)14-20-18-9-10-19(20)13-17(12-18)11-15-7-4-8-15/h1-3,5-6,12,15,18-19H,4,7-11,13-14H2. The molecule has 1 aromatic rings. The highest BCUT2D eigenvalue weighted by atomic mass is 15.2. The second-order valence-electron chi connectivity index (χ2n) is 6.99. The van der Waals surface area contributed by atoms with Crippen molar-refractivity contribution < 1.29 is 0 Å². The molecule has 0 N–H and O–H groups in total. The number of hydrogen-bond acceptors (Lipinski definition) is 1. The van der Waals surface area contributed by atoms with Crippen LogP contribution >= 0.6 is 0 Å². The lowest BCUT2D eigenvalue weighted by atomic mass is 9.79. The normalized spacial score (nSPS) is 30.1. The fourth-order valence-corrected chi connectivity index (χ4v) is 4.27. The second-order valence-corrected chi connectivity index (χ2v) is 6.99. The zero-order valence-electron chi connectivity index (χ0n) is 12.3. The maximum Gasteiger partial charge on any atom is 0.0288 e. The lowest BCUT2D eigenvalue weighted by Crippen LogP contribution is -2.38. The third-order valence-electron chi connectivity index (χ3n) is 5.60. The summed E-state index contributed by atoms with van der Waals surface area (Å²) in [5.74, 6) is 1.03. The van der Waals surface area contributed by atoms with Gasteiger partial charge in [0.25, 0.3) is 0 Å². The van der Waals surface area contributed by atoms with Crippen molar-refractivity contribution in [3.05, 3.63) is 47.5 Å². The summed E-state index contributed by atoms with van der Waals surface area (Å²) in [4.78, 5) is 2.75. The molecule has 2 heterocycles. The Morgan fingerprint density at radius 2 is 1.85 bits per heavy atom. The molecule has 1 saturated carbocycles. The van der Waals surface area contributed by atoms with Crippen LogP contribution in [0.5, 0.6) is 0 Å². The number of fused-ring (bicyclic) bond motifs is 2. The molecule has 2 aliphatic heterocycles. The molecule has 1 heteroatoms. The van der Waals surface area contributed by atoms with Gasteiger partial charge in [-0.05, 0) is 37.2 Å². The molecule has 4 rings (SSSR count). The van der Waals surface area contributed by atoms with Crippen molar-refractivity contribution in [1.82, 2.24) is 4.90 Å². The second kappa shape index (κ2) is 5.37. The molecule has 1 aromatic carbocycles. The summed E-state index contributed by atoms with van der Waals surface area (Å²) in [7, 11) is 0. The molecule has 1 nitrogen and oxygen atoms in total. The summed E-state index contributed by atoms with van der Waals surface area (Å²) in [6.07, 6.45) is 12.6. The van der Waals surface area contributed by atoms with Crippen LogP contribution in [-0.2, 0) is 6.54 Å². The molecule has 3 aliphatic rings. The molecule has 1 saturated heterocycles. The molecule has 2 fully saturated rings. The van der Waals surface area contributed by atoms with E-state index in [4.69, 9.17) is 0 Å². The van der Waals surface area contributed by atoms with Crippen LogP contribution in [0.1, 0.15) is 50.5 Å². The van der Waals surface area contributed by atoms with Gasteiger partial charge in [-0.25, -0.2) is 0 Å². The Morgan fingerprint density at radius 1 is 1.00 bits per heavy atom. The predicted molar refractivity (Wildman–Crippen MR) is 83.5 cm³/mol. The summed E-state index contributed by atoms with van der Waals surface area (Å²) >= 11 is 0. The molecule has 20 heavy (non-hydrogen) atoms. The number of hydrogen-bond donors (Lipinski definition) is 0. The first kappa shape index (κ1) is 12.6. The van der Waals surface area contributed by atoms with E-state index in [-0.39, 0.29) is 0 Å². The largest absolute Gasteiger partial charge is 0.289 e. The highest BCUT2D eigenvalue weighted by molar-refractivity contribution is 5.21. The van der Waals surface area contributed by atoms with Crippen molar-refractivity contribution in [2.45, 2.75) is 63.6 Å². The molecule has 0 spiro atoms. The van der Waals surface area contributed by atoms with Gasteiger partial charge in [0, 0.05) is 18.6 Å². The molecular weight excluding hydrogens is 242 g/mol. The summed E-state index contributed by atoms with van der Waals surface area (Å²) in [6.45, 7) is 1.14. The molecular formula is C19H25N. The van der Waals surface area contributed by atoms with Crippen LogP contribution in [0.15, 0.2) is 42.0 Å². The Kier molecular flexibility index (Phi) is 3.39. The highest BCUT2D eigenvalue weighted by Crippen LogP contribution is 2.40. The smallest absolute Gasteiger partial charge is 0.0288 e. The predicted octanol–water partition coefficient (Wildman–Crippen LogP) is 4.54. The summed E-state index contributed by atoms with van der Waals surface area (Å²) in [5.41, 5.74) is 3.26. The van der Waals surface area contributed by atoms with Crippen molar-refractivity contribution in [2.24, 2.45) is 5.92 Å². The van der Waals surface area contributed by atoms with Gasteiger partial charge < -0.3 is 0 Å². The van der Waals surface area contributed by atoms with Crippen LogP contribution in [0.25, 0.3) is 0 Å². The first-order valence-corrected chi connectivity index (χ1v) is 8.38. The minimum atomic E-state index is 0.726. The monoisotopic (exact) mass is 267 g/mol. The van der Waals surface area contributed by atoms with Crippen molar-refractivity contribution >= 4 is 0 Å². The summed E-state index contributed by atoms with van der Waals surface area (Å²) in [6, 6.07) is 12.5. The first-order valence-electron chi connectivity index (χ1n) is 8.38. The van der Waals surface area contributed by atoms with E-state index in [0.717, 1.165) is 24.5 Å². The Balaban J connectivity index is 1.45. The molecule has 2 unspecified atom stereocenters. The third-order valence-corrected chi connectivity index (χ3v) is 5.60. The third kappa shape index (κ3) is 2.44. The van der Waals surface area contributed by atoms with Crippen LogP contribution in [-0.4, -0.2) is 17.0 Å². The average Bonchev–Trinajstić information content (AvgIpc) is 2.67. The minimum Gasteiger partial charge on any atom is -0.289 e. The maximum atomic E-state index is 2.75. The topological polar surface area (TPSA) is 3.24 Å². The van der Waals surface area contributed by atoms with Gasteiger partial charge >= 0.3 is 0 Å². The molecule has 1 aliphatic carbocycles. The summed E-state index contributed by atoms with van der Waals surface area (Å²) in [5, 5.41) is 0. The van der Waals surface area contributed by atoms with E-state index in [0.29, 0.717) is 0 Å². The fourth-order valence-electron chi connectivity index (χ4n) is 4.27. The van der Waals surface area contributed by atoms with E-state index in [9.17, 15) is 0 Å². The fraction of sp³-hybridized carbons (Fsp3) is 0.579. The van der Waals surface area contributed by atoms with E-state index < -0.39 is 0 Å². The van der Waals surface area contributed by atoms with Crippen LogP contribution in [0.3, 0.4) is 0 Å². The molecule has 0 aromatic heterocycles. The SMILES string of the molecule is C1=C(CC2CCC2)CC2CCC1N2Cc1ccccc1. The number of nitrogens with zero attached hydrogens (tertiary/aromatic N) is 1. The van der Waals surface area contributed by atoms with Crippen molar-refractivity contribution in [3.8, 4) is 0 Å². The maximum absolute atomic E-state index is 2.75. The van der Waals surface area contributed by atoms with Gasteiger partial charge in [-0.1, -0.05) is 61.2 Å². The summed E-state index contributed by atoms with van der Waals surface area (Å²) < 4.78 is 0. The van der Waals surface area contributed by atoms with Gasteiger partial charge in [-0.15, -0.1) is 0 Å². The Labute approximate surface area is 122 Å². The molecule has 106 valence electrons. The van der Waals surface area contributed by atoms with Crippen LogP contribution < -0.4 is 0 Å². The van der Waals surface area contributed by atoms with Gasteiger partial charge in [0.05, 0.1) is 0 Å². The van der Waals surface area contributed by atoms with Crippen molar-refractivity contribution in [1.29, 1.82) is 0 Å². The van der Waals surface area contributed by atoms with Crippen molar-refractivity contribution in [3.63, 3.8) is 0 Å². The van der Waals surface area contributed by atoms with Crippen molar-refractivity contribution in [2.75, 3.05) is 0 Å². The molecule has 0 radical (unpaired) electrons. The highest BCUT2D eigenvalue weighted by Gasteiger charge is 2.36. The lowest BCUT2D eigenvalue weighted by Gasteiger charge is -2.36. The Morgan fingerprint density at radius 3 is 2.55 bits per heavy atom. The van der Waals surface area contributed by atoms with Gasteiger partial charge in [-0.2, -0.15) is 0 Å². The quantitative estimate of drug-likeness (QED) is 0.724. The van der Waals surface area contributed by atoms with Gasteiger partial charge in [0.15, 0.2) is 0 Å². The van der Waals surface area contributed by atoms with E-state index in [1.807, 2.05) is 0 Å². The van der Waals surface area contributed by atoms with Gasteiger partial charge in [0.2, 0.25) is 0 Å². The van der Waals surface area contributed by atoms with Gasteiger partial charge in [-0.3, -0.25) is 4.90 Å². The van der Waals surface area contributed by atoms with Crippen LogP contribution in [0, 0.1) is 5.92 Å². The molecule has 2 atom stereocenters. The Hall–Kier alpha value is -1.08. The zero-order valence-corrected chi connectivity index (χ0v) is 12.3. The first-order chi connectivity index (χ1) is 9.88. The molecule has 2 bridgehead atoms. The minimum absolute atomic E-state index is 0.726. The zero-order chi connectivity index (χ0) is 13.4. The number of benzene rings is 1.